The molecular weight excluding hydrogens is 364 g/mol. The number of hydrogen-bond donors (Lipinski definition) is 1. The fourth-order valence-corrected chi connectivity index (χ4v) is 3.53. The molecule has 4 nitrogen and oxygen atoms in total. The maximum absolute atomic E-state index is 4.68. The van der Waals surface area contributed by atoms with E-state index in [1.165, 1.54) is 12.8 Å². The summed E-state index contributed by atoms with van der Waals surface area (Å²) < 4.78 is 1.01. The van der Waals surface area contributed by atoms with Gasteiger partial charge in [-0.05, 0) is 58.6 Å². The molecule has 0 bridgehead atoms. The van der Waals surface area contributed by atoms with Gasteiger partial charge in [0.25, 0.3) is 0 Å². The predicted octanol–water partition coefficient (Wildman–Crippen LogP) is 4.60. The number of hydrogen-bond acceptors (Lipinski definition) is 4. The first-order valence-electron chi connectivity index (χ1n) is 8.29. The second kappa shape index (κ2) is 6.77. The van der Waals surface area contributed by atoms with E-state index in [0.29, 0.717) is 0 Å². The molecule has 0 unspecified atom stereocenters. The van der Waals surface area contributed by atoms with Gasteiger partial charge in [0.2, 0.25) is 0 Å². The minimum Gasteiger partial charge on any atom is -0.366 e. The van der Waals surface area contributed by atoms with Crippen LogP contribution in [0.5, 0.6) is 0 Å². The van der Waals surface area contributed by atoms with Gasteiger partial charge >= 0.3 is 0 Å². The molecule has 2 aromatic heterocycles. The summed E-state index contributed by atoms with van der Waals surface area (Å²) in [6, 6.07) is 14.5. The van der Waals surface area contributed by atoms with Crippen LogP contribution in [0.1, 0.15) is 18.4 Å². The molecule has 1 N–H and O–H groups in total. The van der Waals surface area contributed by atoms with Crippen molar-refractivity contribution in [3.05, 3.63) is 58.7 Å². The zero-order valence-corrected chi connectivity index (χ0v) is 15.0. The van der Waals surface area contributed by atoms with E-state index in [0.717, 1.165) is 52.2 Å². The van der Waals surface area contributed by atoms with Crippen LogP contribution in [0.3, 0.4) is 0 Å². The molecule has 0 saturated carbocycles. The zero-order valence-electron chi connectivity index (χ0n) is 13.4. The molecule has 24 heavy (non-hydrogen) atoms. The van der Waals surface area contributed by atoms with Gasteiger partial charge in [-0.1, -0.05) is 18.2 Å². The highest BCUT2D eigenvalue weighted by atomic mass is 79.9. The molecule has 1 fully saturated rings. The molecule has 3 heterocycles. The topological polar surface area (TPSA) is 41.0 Å². The highest BCUT2D eigenvalue weighted by Gasteiger charge is 2.12. The van der Waals surface area contributed by atoms with Crippen molar-refractivity contribution in [1.29, 1.82) is 0 Å². The first-order chi connectivity index (χ1) is 11.8. The molecule has 3 aromatic rings. The number of pyridine rings is 2. The van der Waals surface area contributed by atoms with Crippen molar-refractivity contribution in [2.24, 2.45) is 0 Å². The van der Waals surface area contributed by atoms with Crippen LogP contribution in [0.4, 0.5) is 11.6 Å². The summed E-state index contributed by atoms with van der Waals surface area (Å²) in [5, 5.41) is 4.51. The van der Waals surface area contributed by atoms with Gasteiger partial charge in [-0.25, -0.2) is 9.97 Å². The molecule has 4 rings (SSSR count). The molecule has 1 aliphatic rings. The Morgan fingerprint density at radius 1 is 1.04 bits per heavy atom. The van der Waals surface area contributed by atoms with Crippen molar-refractivity contribution in [3.8, 4) is 0 Å². The van der Waals surface area contributed by atoms with E-state index < -0.39 is 0 Å². The fourth-order valence-electron chi connectivity index (χ4n) is 3.06. The zero-order chi connectivity index (χ0) is 16.4. The molecule has 0 radical (unpaired) electrons. The number of nitrogens with zero attached hydrogens (tertiary/aromatic N) is 3. The highest BCUT2D eigenvalue weighted by molar-refractivity contribution is 9.10. The number of rotatable bonds is 4. The number of benzene rings is 1. The van der Waals surface area contributed by atoms with Crippen LogP contribution in [0.15, 0.2) is 53.1 Å². The van der Waals surface area contributed by atoms with Crippen LogP contribution >= 0.6 is 15.9 Å². The smallest absolute Gasteiger partial charge is 0.128 e. The number of nitrogens with one attached hydrogen (secondary N) is 1. The first-order valence-corrected chi connectivity index (χ1v) is 9.08. The third-order valence-corrected chi connectivity index (χ3v) is 5.02. The lowest BCUT2D eigenvalue weighted by molar-refractivity contribution is 0.932. The van der Waals surface area contributed by atoms with E-state index in [4.69, 9.17) is 0 Å². The van der Waals surface area contributed by atoms with E-state index >= 15 is 0 Å². The lowest BCUT2D eigenvalue weighted by atomic mass is 10.2. The van der Waals surface area contributed by atoms with E-state index in [-0.39, 0.29) is 0 Å². The second-order valence-electron chi connectivity index (χ2n) is 6.08. The van der Waals surface area contributed by atoms with Crippen molar-refractivity contribution in [2.75, 3.05) is 23.3 Å². The molecule has 0 aliphatic carbocycles. The molecule has 1 aliphatic heterocycles. The Morgan fingerprint density at radius 2 is 1.92 bits per heavy atom. The Hall–Kier alpha value is -2.14. The molecule has 0 atom stereocenters. The maximum Gasteiger partial charge on any atom is 0.128 e. The monoisotopic (exact) mass is 382 g/mol. The maximum atomic E-state index is 4.68. The molecule has 122 valence electrons. The van der Waals surface area contributed by atoms with Crippen LogP contribution < -0.4 is 10.2 Å². The number of halogens is 1. The van der Waals surface area contributed by atoms with E-state index in [1.54, 1.807) is 0 Å². The SMILES string of the molecule is Brc1cccc2ccc(NCc3ccc(N4CCCC4)nc3)nc12. The van der Waals surface area contributed by atoms with Crippen molar-refractivity contribution in [1.82, 2.24) is 9.97 Å². The van der Waals surface area contributed by atoms with Gasteiger partial charge in [0.05, 0.1) is 5.52 Å². The van der Waals surface area contributed by atoms with Gasteiger partial charge in [-0.15, -0.1) is 0 Å². The van der Waals surface area contributed by atoms with Crippen LogP contribution in [0.25, 0.3) is 10.9 Å². The van der Waals surface area contributed by atoms with Crippen molar-refractivity contribution >= 4 is 38.5 Å². The third-order valence-electron chi connectivity index (χ3n) is 4.38. The third kappa shape index (κ3) is 3.22. The van der Waals surface area contributed by atoms with Gasteiger partial charge < -0.3 is 10.2 Å². The van der Waals surface area contributed by atoms with E-state index in [2.05, 4.69) is 60.4 Å². The summed E-state index contributed by atoms with van der Waals surface area (Å²) >= 11 is 3.56. The van der Waals surface area contributed by atoms with Gasteiger partial charge in [-0.2, -0.15) is 0 Å². The van der Waals surface area contributed by atoms with Gasteiger partial charge in [-0.3, -0.25) is 0 Å². The average molecular weight is 383 g/mol. The quantitative estimate of drug-likeness (QED) is 0.715. The number of fused-ring (bicyclic) bond motifs is 1. The normalized spacial score (nSPS) is 14.3. The molecular formula is C19H19BrN4. The number of para-hydroxylation sites is 1. The first kappa shape index (κ1) is 15.4. The summed E-state index contributed by atoms with van der Waals surface area (Å²) in [6.07, 6.45) is 4.50. The summed E-state index contributed by atoms with van der Waals surface area (Å²) in [6.45, 7) is 2.97. The largest absolute Gasteiger partial charge is 0.366 e. The summed E-state index contributed by atoms with van der Waals surface area (Å²) in [5.41, 5.74) is 2.14. The Bertz CT molecular complexity index is 842. The van der Waals surface area contributed by atoms with Gasteiger partial charge in [0.1, 0.15) is 11.6 Å². The Balaban J connectivity index is 1.45. The van der Waals surface area contributed by atoms with Crippen molar-refractivity contribution in [3.63, 3.8) is 0 Å². The molecule has 0 amide bonds. The van der Waals surface area contributed by atoms with Crippen molar-refractivity contribution in [2.45, 2.75) is 19.4 Å². The van der Waals surface area contributed by atoms with Crippen LogP contribution in [0.2, 0.25) is 0 Å². The van der Waals surface area contributed by atoms with Crippen molar-refractivity contribution < 1.29 is 0 Å². The molecule has 1 saturated heterocycles. The Morgan fingerprint density at radius 3 is 2.71 bits per heavy atom. The molecule has 1 aromatic carbocycles. The van der Waals surface area contributed by atoms with Crippen LogP contribution in [0, 0.1) is 0 Å². The van der Waals surface area contributed by atoms with Gasteiger partial charge in [0, 0.05) is 35.7 Å². The number of aromatic nitrogens is 2. The molecule has 5 heteroatoms. The average Bonchev–Trinajstić information content (AvgIpc) is 3.16. The van der Waals surface area contributed by atoms with Crippen LogP contribution in [-0.2, 0) is 6.54 Å². The van der Waals surface area contributed by atoms with Gasteiger partial charge in [0.15, 0.2) is 0 Å². The Kier molecular flexibility index (Phi) is 4.34. The fraction of sp³-hybridized carbons (Fsp3) is 0.263. The summed E-state index contributed by atoms with van der Waals surface area (Å²) in [4.78, 5) is 11.6. The molecule has 0 spiro atoms. The second-order valence-corrected chi connectivity index (χ2v) is 6.93. The lowest BCUT2D eigenvalue weighted by Gasteiger charge is -2.16. The highest BCUT2D eigenvalue weighted by Crippen LogP contribution is 2.24. The Labute approximate surface area is 150 Å². The van der Waals surface area contributed by atoms with E-state index in [1.807, 2.05) is 24.4 Å². The summed E-state index contributed by atoms with van der Waals surface area (Å²) in [7, 11) is 0. The van der Waals surface area contributed by atoms with Crippen LogP contribution in [-0.4, -0.2) is 23.1 Å². The minimum atomic E-state index is 0.718. The number of anilines is 2. The lowest BCUT2D eigenvalue weighted by Crippen LogP contribution is -2.18. The minimum absolute atomic E-state index is 0.718. The standard InChI is InChI=1S/C19H19BrN4/c20-16-5-3-4-15-7-8-17(23-19(15)16)21-12-14-6-9-18(22-13-14)24-10-1-2-11-24/h3-9,13H,1-2,10-12H2,(H,21,23). The summed E-state index contributed by atoms with van der Waals surface area (Å²) in [5.74, 6) is 1.96. The predicted molar refractivity (Wildman–Crippen MR) is 102 cm³/mol. The van der Waals surface area contributed by atoms with E-state index in [9.17, 15) is 0 Å².